The van der Waals surface area contributed by atoms with Crippen molar-refractivity contribution in [2.45, 2.75) is 26.3 Å². The molecule has 102 valence electrons. The average molecular weight is 331 g/mol. The Bertz CT molecular complexity index is 736. The lowest BCUT2D eigenvalue weighted by atomic mass is 10.3. The second-order valence-corrected chi connectivity index (χ2v) is 5.49. The molecule has 0 bridgehead atoms. The summed E-state index contributed by atoms with van der Waals surface area (Å²) in [4.78, 5) is 13.1. The van der Waals surface area contributed by atoms with Crippen LogP contribution in [0, 0.1) is 0 Å². The molecule has 0 unspecified atom stereocenters. The fraction of sp³-hybridized carbons (Fsp3) is 0.267. The van der Waals surface area contributed by atoms with Crippen LogP contribution in [0.5, 0.6) is 0 Å². The molecule has 0 aliphatic heterocycles. The van der Waals surface area contributed by atoms with Gasteiger partial charge < -0.3 is 4.57 Å². The van der Waals surface area contributed by atoms with Gasteiger partial charge in [-0.15, -0.1) is 0 Å². The fourth-order valence-corrected chi connectivity index (χ4v) is 2.72. The summed E-state index contributed by atoms with van der Waals surface area (Å²) < 4.78 is 3.09. The number of aryl methyl sites for hydroxylation is 1. The molecule has 0 amide bonds. The van der Waals surface area contributed by atoms with Gasteiger partial charge in [-0.3, -0.25) is 0 Å². The van der Waals surface area contributed by atoms with Gasteiger partial charge in [-0.2, -0.15) is 0 Å². The van der Waals surface area contributed by atoms with Gasteiger partial charge in [0.25, 0.3) is 0 Å². The molecule has 0 N–H and O–H groups in total. The summed E-state index contributed by atoms with van der Waals surface area (Å²) in [6, 6.07) is 10.2. The quantitative estimate of drug-likeness (QED) is 0.686. The molecule has 1 aromatic carbocycles. The van der Waals surface area contributed by atoms with Crippen molar-refractivity contribution in [1.82, 2.24) is 19.5 Å². The van der Waals surface area contributed by atoms with Crippen LogP contribution in [-0.4, -0.2) is 19.5 Å². The van der Waals surface area contributed by atoms with Crippen molar-refractivity contribution in [2.75, 3.05) is 0 Å². The lowest BCUT2D eigenvalue weighted by molar-refractivity contribution is 0.661. The van der Waals surface area contributed by atoms with Gasteiger partial charge >= 0.3 is 0 Å². The third-order valence-electron chi connectivity index (χ3n) is 3.21. The summed E-state index contributed by atoms with van der Waals surface area (Å²) in [6.45, 7) is 3.15. The fourth-order valence-electron chi connectivity index (χ4n) is 2.36. The van der Waals surface area contributed by atoms with Crippen LogP contribution in [0.15, 0.2) is 41.3 Å². The van der Waals surface area contributed by atoms with Gasteiger partial charge in [-0.05, 0) is 40.5 Å². The zero-order valence-corrected chi connectivity index (χ0v) is 12.8. The molecule has 0 saturated heterocycles. The van der Waals surface area contributed by atoms with Gasteiger partial charge in [0.1, 0.15) is 16.8 Å². The van der Waals surface area contributed by atoms with E-state index in [0.29, 0.717) is 0 Å². The van der Waals surface area contributed by atoms with Crippen molar-refractivity contribution in [3.05, 3.63) is 52.8 Å². The molecule has 0 fully saturated rings. The molecule has 0 saturated carbocycles. The van der Waals surface area contributed by atoms with Gasteiger partial charge in [-0.25, -0.2) is 15.0 Å². The third kappa shape index (κ3) is 2.58. The zero-order chi connectivity index (χ0) is 13.9. The number of hydrogen-bond donors (Lipinski definition) is 0. The number of fused-ring (bicyclic) bond motifs is 1. The van der Waals surface area contributed by atoms with E-state index in [1.54, 1.807) is 6.33 Å². The molecule has 5 heteroatoms. The highest BCUT2D eigenvalue weighted by atomic mass is 79.9. The molecule has 0 radical (unpaired) electrons. The molecular weight excluding hydrogens is 316 g/mol. The van der Waals surface area contributed by atoms with Crippen molar-refractivity contribution in [2.24, 2.45) is 0 Å². The number of nitrogens with zero attached hydrogens (tertiary/aromatic N) is 4. The van der Waals surface area contributed by atoms with E-state index in [4.69, 9.17) is 4.98 Å². The molecule has 3 rings (SSSR count). The summed E-state index contributed by atoms with van der Waals surface area (Å²) in [5.41, 5.74) is 3.21. The molecule has 20 heavy (non-hydrogen) atoms. The average Bonchev–Trinajstić information content (AvgIpc) is 2.77. The van der Waals surface area contributed by atoms with Gasteiger partial charge in [0.2, 0.25) is 0 Å². The molecular formula is C15H15BrN4. The first kappa shape index (κ1) is 13.2. The highest BCUT2D eigenvalue weighted by Crippen LogP contribution is 2.19. The first-order valence-electron chi connectivity index (χ1n) is 6.68. The molecule has 0 atom stereocenters. The smallest absolute Gasteiger partial charge is 0.116 e. The molecule has 3 aromatic rings. The van der Waals surface area contributed by atoms with Gasteiger partial charge in [0.15, 0.2) is 0 Å². The van der Waals surface area contributed by atoms with Crippen molar-refractivity contribution in [3.63, 3.8) is 0 Å². The predicted molar refractivity (Wildman–Crippen MR) is 82.6 cm³/mol. The molecule has 2 heterocycles. The number of halogens is 1. The number of benzene rings is 1. The van der Waals surface area contributed by atoms with Gasteiger partial charge in [0, 0.05) is 13.0 Å². The number of para-hydroxylation sites is 2. The Hall–Kier alpha value is -1.75. The van der Waals surface area contributed by atoms with Crippen LogP contribution >= 0.6 is 15.9 Å². The Labute approximate surface area is 126 Å². The lowest BCUT2D eigenvalue weighted by Crippen LogP contribution is -2.05. The summed E-state index contributed by atoms with van der Waals surface area (Å²) in [7, 11) is 0. The van der Waals surface area contributed by atoms with E-state index in [0.717, 1.165) is 41.0 Å². The van der Waals surface area contributed by atoms with Gasteiger partial charge in [0.05, 0.1) is 16.7 Å². The maximum absolute atomic E-state index is 4.74. The summed E-state index contributed by atoms with van der Waals surface area (Å²) >= 11 is 3.38. The Morgan fingerprint density at radius 1 is 1.20 bits per heavy atom. The Balaban J connectivity index is 2.04. The Kier molecular flexibility index (Phi) is 3.78. The predicted octanol–water partition coefficient (Wildman–Crippen LogP) is 3.59. The lowest BCUT2D eigenvalue weighted by Gasteiger charge is -2.07. The van der Waals surface area contributed by atoms with Crippen LogP contribution in [0.25, 0.3) is 11.0 Å². The van der Waals surface area contributed by atoms with Crippen LogP contribution in [0.3, 0.4) is 0 Å². The molecule has 0 spiro atoms. The normalized spacial score (nSPS) is 11.1. The minimum Gasteiger partial charge on any atom is -0.328 e. The first-order chi connectivity index (χ1) is 9.78. The standard InChI is InChI=1S/C15H15BrN4/c1-2-7-20-13-6-4-3-5-12(13)19-15(20)9-11-8-14(16)18-10-17-11/h3-6,8,10H,2,7,9H2,1H3. The number of hydrogen-bond acceptors (Lipinski definition) is 3. The number of rotatable bonds is 4. The van der Waals surface area contributed by atoms with Crippen molar-refractivity contribution in [3.8, 4) is 0 Å². The molecule has 4 nitrogen and oxygen atoms in total. The Morgan fingerprint density at radius 3 is 2.85 bits per heavy atom. The molecule has 0 aliphatic rings. The zero-order valence-electron chi connectivity index (χ0n) is 11.3. The third-order valence-corrected chi connectivity index (χ3v) is 3.64. The van der Waals surface area contributed by atoms with Crippen LogP contribution in [0.1, 0.15) is 24.9 Å². The van der Waals surface area contributed by atoms with E-state index >= 15 is 0 Å². The van der Waals surface area contributed by atoms with E-state index < -0.39 is 0 Å². The summed E-state index contributed by atoms with van der Waals surface area (Å²) in [5, 5.41) is 0. The maximum atomic E-state index is 4.74. The van der Waals surface area contributed by atoms with E-state index in [9.17, 15) is 0 Å². The minimum atomic E-state index is 0.718. The van der Waals surface area contributed by atoms with E-state index in [2.05, 4.69) is 55.6 Å². The Morgan fingerprint density at radius 2 is 2.05 bits per heavy atom. The molecule has 0 aliphatic carbocycles. The van der Waals surface area contributed by atoms with E-state index in [1.165, 1.54) is 5.52 Å². The van der Waals surface area contributed by atoms with E-state index in [-0.39, 0.29) is 0 Å². The second kappa shape index (κ2) is 5.71. The summed E-state index contributed by atoms with van der Waals surface area (Å²) in [5.74, 6) is 1.05. The van der Waals surface area contributed by atoms with Crippen LogP contribution in [-0.2, 0) is 13.0 Å². The minimum absolute atomic E-state index is 0.718. The molecule has 2 aromatic heterocycles. The van der Waals surface area contributed by atoms with Crippen molar-refractivity contribution >= 4 is 27.0 Å². The largest absolute Gasteiger partial charge is 0.328 e. The monoisotopic (exact) mass is 330 g/mol. The first-order valence-corrected chi connectivity index (χ1v) is 7.48. The van der Waals surface area contributed by atoms with E-state index in [1.807, 2.05) is 12.1 Å². The number of aromatic nitrogens is 4. The SMILES string of the molecule is CCCn1c(Cc2cc(Br)ncn2)nc2ccccc21. The number of imidazole rings is 1. The van der Waals surface area contributed by atoms with Crippen LogP contribution < -0.4 is 0 Å². The van der Waals surface area contributed by atoms with Crippen molar-refractivity contribution in [1.29, 1.82) is 0 Å². The summed E-state index contributed by atoms with van der Waals surface area (Å²) in [6.07, 6.45) is 3.38. The second-order valence-electron chi connectivity index (χ2n) is 4.68. The maximum Gasteiger partial charge on any atom is 0.116 e. The highest BCUT2D eigenvalue weighted by molar-refractivity contribution is 9.10. The van der Waals surface area contributed by atoms with Crippen molar-refractivity contribution < 1.29 is 0 Å². The van der Waals surface area contributed by atoms with Crippen LogP contribution in [0.2, 0.25) is 0 Å². The van der Waals surface area contributed by atoms with Crippen LogP contribution in [0.4, 0.5) is 0 Å². The van der Waals surface area contributed by atoms with Gasteiger partial charge in [-0.1, -0.05) is 19.1 Å². The highest BCUT2D eigenvalue weighted by Gasteiger charge is 2.11. The topological polar surface area (TPSA) is 43.6 Å².